The number of fused-ring (bicyclic) bond motifs is 1. The van der Waals surface area contributed by atoms with E-state index in [-0.39, 0.29) is 18.4 Å². The van der Waals surface area contributed by atoms with Crippen molar-refractivity contribution in [2.45, 2.75) is 25.2 Å². The van der Waals surface area contributed by atoms with Gasteiger partial charge in [0, 0.05) is 32.5 Å². The van der Waals surface area contributed by atoms with Crippen LogP contribution < -0.4 is 19.7 Å². The number of hydrogen-bond donors (Lipinski definition) is 1. The Hall–Kier alpha value is -2.91. The lowest BCUT2D eigenvalue weighted by atomic mass is 10.0. The summed E-state index contributed by atoms with van der Waals surface area (Å²) in [6.07, 6.45) is 1.60. The van der Waals surface area contributed by atoms with Crippen LogP contribution in [0.2, 0.25) is 0 Å². The Kier molecular flexibility index (Phi) is 4.69. The lowest BCUT2D eigenvalue weighted by Gasteiger charge is -2.37. The first-order valence-corrected chi connectivity index (χ1v) is 9.74. The number of hydrogen-bond acceptors (Lipinski definition) is 8. The van der Waals surface area contributed by atoms with Crippen molar-refractivity contribution in [2.75, 3.05) is 38.0 Å². The van der Waals surface area contributed by atoms with E-state index >= 15 is 0 Å². The molecule has 3 aliphatic heterocycles. The highest BCUT2D eigenvalue weighted by molar-refractivity contribution is 5.92. The minimum Gasteiger partial charge on any atom is -0.454 e. The standard InChI is InChI=1S/C20H22N4O5/c25-19(21-12-14-1-3-16-17(11-14)27-13-26-16)15-2-4-18(23-22-15)24-7-5-20(6-8-24)28-9-10-29-20/h1-4,11H,5-10,12-13H2,(H,21,25). The summed E-state index contributed by atoms with van der Waals surface area (Å²) in [6.45, 7) is 3.48. The van der Waals surface area contributed by atoms with Crippen molar-refractivity contribution in [3.63, 3.8) is 0 Å². The fourth-order valence-electron chi connectivity index (χ4n) is 3.80. The summed E-state index contributed by atoms with van der Waals surface area (Å²) in [5, 5.41) is 11.2. The first kappa shape index (κ1) is 18.1. The number of amides is 1. The predicted octanol–water partition coefficient (Wildman–Crippen LogP) is 1.48. The van der Waals surface area contributed by atoms with Crippen LogP contribution in [-0.2, 0) is 16.0 Å². The zero-order valence-corrected chi connectivity index (χ0v) is 15.9. The van der Waals surface area contributed by atoms with Crippen LogP contribution in [0.15, 0.2) is 30.3 Å². The first-order chi connectivity index (χ1) is 14.2. The molecule has 4 heterocycles. The molecular formula is C20H22N4O5. The van der Waals surface area contributed by atoms with Crippen molar-refractivity contribution >= 4 is 11.7 Å². The van der Waals surface area contributed by atoms with Gasteiger partial charge in [0.1, 0.15) is 0 Å². The van der Waals surface area contributed by atoms with Gasteiger partial charge >= 0.3 is 0 Å². The Balaban J connectivity index is 1.16. The van der Waals surface area contributed by atoms with Gasteiger partial charge in [0.2, 0.25) is 6.79 Å². The average molecular weight is 398 g/mol. The van der Waals surface area contributed by atoms with Crippen LogP contribution >= 0.6 is 0 Å². The first-order valence-electron chi connectivity index (χ1n) is 9.74. The van der Waals surface area contributed by atoms with Crippen molar-refractivity contribution in [1.82, 2.24) is 15.5 Å². The van der Waals surface area contributed by atoms with Gasteiger partial charge in [0.05, 0.1) is 13.2 Å². The predicted molar refractivity (Wildman–Crippen MR) is 102 cm³/mol. The average Bonchev–Trinajstić information content (AvgIpc) is 3.42. The third-order valence-corrected chi connectivity index (χ3v) is 5.44. The number of nitrogens with zero attached hydrogens (tertiary/aromatic N) is 3. The highest BCUT2D eigenvalue weighted by Gasteiger charge is 2.40. The maximum atomic E-state index is 12.4. The quantitative estimate of drug-likeness (QED) is 0.828. The normalized spacial score (nSPS) is 19.5. The molecule has 5 rings (SSSR count). The van der Waals surface area contributed by atoms with Crippen LogP contribution in [0.25, 0.3) is 0 Å². The van der Waals surface area contributed by atoms with E-state index in [1.807, 2.05) is 24.3 Å². The topological polar surface area (TPSA) is 95.0 Å². The molecule has 1 spiro atoms. The Bertz CT molecular complexity index is 888. The zero-order valence-electron chi connectivity index (χ0n) is 15.9. The lowest BCUT2D eigenvalue weighted by Crippen LogP contribution is -2.45. The van der Waals surface area contributed by atoms with Crippen molar-refractivity contribution in [2.24, 2.45) is 0 Å². The van der Waals surface area contributed by atoms with Crippen LogP contribution in [0.4, 0.5) is 5.82 Å². The second-order valence-electron chi connectivity index (χ2n) is 7.24. The van der Waals surface area contributed by atoms with E-state index in [9.17, 15) is 4.79 Å². The number of aromatic nitrogens is 2. The van der Waals surface area contributed by atoms with Gasteiger partial charge in [-0.1, -0.05) is 6.07 Å². The molecule has 29 heavy (non-hydrogen) atoms. The number of carbonyl (C=O) groups excluding carboxylic acids is 1. The molecule has 1 aromatic carbocycles. The van der Waals surface area contributed by atoms with Crippen molar-refractivity contribution in [3.05, 3.63) is 41.6 Å². The van der Waals surface area contributed by atoms with Crippen LogP contribution in [0.5, 0.6) is 11.5 Å². The van der Waals surface area contributed by atoms with E-state index in [0.29, 0.717) is 25.5 Å². The summed E-state index contributed by atoms with van der Waals surface area (Å²) < 4.78 is 22.1. The van der Waals surface area contributed by atoms with Crippen LogP contribution in [0, 0.1) is 0 Å². The van der Waals surface area contributed by atoms with Crippen molar-refractivity contribution < 1.29 is 23.7 Å². The van der Waals surface area contributed by atoms with Crippen molar-refractivity contribution in [1.29, 1.82) is 0 Å². The van der Waals surface area contributed by atoms with E-state index in [1.54, 1.807) is 6.07 Å². The summed E-state index contributed by atoms with van der Waals surface area (Å²) in [7, 11) is 0. The number of benzene rings is 1. The monoisotopic (exact) mass is 398 g/mol. The minimum absolute atomic E-state index is 0.227. The van der Waals surface area contributed by atoms with Gasteiger partial charge < -0.3 is 29.2 Å². The fraction of sp³-hybridized carbons (Fsp3) is 0.450. The molecule has 9 heteroatoms. The molecule has 152 valence electrons. The molecule has 1 N–H and O–H groups in total. The number of anilines is 1. The van der Waals surface area contributed by atoms with Crippen LogP contribution in [0.3, 0.4) is 0 Å². The summed E-state index contributed by atoms with van der Waals surface area (Å²) >= 11 is 0. The Morgan fingerprint density at radius 1 is 1.03 bits per heavy atom. The summed E-state index contributed by atoms with van der Waals surface area (Å²) in [5.41, 5.74) is 1.20. The molecular weight excluding hydrogens is 376 g/mol. The lowest BCUT2D eigenvalue weighted by molar-refractivity contribution is -0.169. The molecule has 0 unspecified atom stereocenters. The second kappa shape index (κ2) is 7.49. The van der Waals surface area contributed by atoms with Gasteiger partial charge in [0.25, 0.3) is 5.91 Å². The maximum absolute atomic E-state index is 12.4. The van der Waals surface area contributed by atoms with E-state index in [0.717, 1.165) is 43.1 Å². The summed E-state index contributed by atoms with van der Waals surface area (Å²) in [5.74, 6) is 1.48. The van der Waals surface area contributed by atoms with E-state index in [4.69, 9.17) is 18.9 Å². The molecule has 3 aliphatic rings. The third-order valence-electron chi connectivity index (χ3n) is 5.44. The number of carbonyl (C=O) groups is 1. The number of rotatable bonds is 4. The Morgan fingerprint density at radius 3 is 2.59 bits per heavy atom. The SMILES string of the molecule is O=C(NCc1ccc2c(c1)OCO2)c1ccc(N2CCC3(CC2)OCCO3)nn1. The molecule has 2 saturated heterocycles. The molecule has 0 aliphatic carbocycles. The summed E-state index contributed by atoms with van der Waals surface area (Å²) in [6, 6.07) is 9.12. The van der Waals surface area contributed by atoms with Gasteiger partial charge in [-0.2, -0.15) is 0 Å². The van der Waals surface area contributed by atoms with Crippen LogP contribution in [-0.4, -0.2) is 55.0 Å². The second-order valence-corrected chi connectivity index (χ2v) is 7.24. The maximum Gasteiger partial charge on any atom is 0.272 e. The number of piperidine rings is 1. The molecule has 0 bridgehead atoms. The smallest absolute Gasteiger partial charge is 0.272 e. The zero-order chi connectivity index (χ0) is 19.7. The molecule has 9 nitrogen and oxygen atoms in total. The largest absolute Gasteiger partial charge is 0.454 e. The van der Waals surface area contributed by atoms with Crippen molar-refractivity contribution in [3.8, 4) is 11.5 Å². The Labute approximate surface area is 167 Å². The minimum atomic E-state index is -0.418. The van der Waals surface area contributed by atoms with Gasteiger partial charge in [-0.3, -0.25) is 4.79 Å². The fourth-order valence-corrected chi connectivity index (χ4v) is 3.80. The molecule has 2 aromatic rings. The van der Waals surface area contributed by atoms with Gasteiger partial charge in [-0.05, 0) is 29.8 Å². The molecule has 0 atom stereocenters. The third kappa shape index (κ3) is 3.70. The van der Waals surface area contributed by atoms with Gasteiger partial charge in [0.15, 0.2) is 28.8 Å². The van der Waals surface area contributed by atoms with Gasteiger partial charge in [-0.25, -0.2) is 0 Å². The Morgan fingerprint density at radius 2 is 1.83 bits per heavy atom. The molecule has 1 amide bonds. The summed E-state index contributed by atoms with van der Waals surface area (Å²) in [4.78, 5) is 14.5. The number of nitrogens with one attached hydrogen (secondary N) is 1. The molecule has 0 radical (unpaired) electrons. The molecule has 2 fully saturated rings. The molecule has 1 aromatic heterocycles. The van der Waals surface area contributed by atoms with E-state index < -0.39 is 5.79 Å². The van der Waals surface area contributed by atoms with E-state index in [2.05, 4.69) is 20.4 Å². The van der Waals surface area contributed by atoms with E-state index in [1.165, 1.54) is 0 Å². The highest BCUT2D eigenvalue weighted by atomic mass is 16.7. The van der Waals surface area contributed by atoms with Crippen LogP contribution in [0.1, 0.15) is 28.9 Å². The number of ether oxygens (including phenoxy) is 4. The molecule has 0 saturated carbocycles. The van der Waals surface area contributed by atoms with Gasteiger partial charge in [-0.15, -0.1) is 10.2 Å². The highest BCUT2D eigenvalue weighted by Crippen LogP contribution is 2.33.